The van der Waals surface area contributed by atoms with Crippen molar-refractivity contribution in [2.45, 2.75) is 0 Å². The van der Waals surface area contributed by atoms with Crippen LogP contribution >= 0.6 is 23.2 Å². The molecule has 0 atom stereocenters. The number of hydrogen-bond acceptors (Lipinski definition) is 3. The fourth-order valence-corrected chi connectivity index (χ4v) is 1.58. The van der Waals surface area contributed by atoms with Gasteiger partial charge in [-0.05, 0) is 18.2 Å². The van der Waals surface area contributed by atoms with Gasteiger partial charge in [0, 0.05) is 0 Å². The van der Waals surface area contributed by atoms with Crippen molar-refractivity contribution < 1.29 is 0 Å². The smallest absolute Gasteiger partial charge is 0.164 e. The van der Waals surface area contributed by atoms with E-state index in [0.717, 1.165) is 0 Å². The lowest BCUT2D eigenvalue weighted by Crippen LogP contribution is -1.96. The summed E-state index contributed by atoms with van der Waals surface area (Å²) >= 11 is 11.7. The summed E-state index contributed by atoms with van der Waals surface area (Å²) in [4.78, 5) is 0. The molecule has 0 radical (unpaired) electrons. The number of nitriles is 1. The van der Waals surface area contributed by atoms with Crippen molar-refractivity contribution in [1.82, 2.24) is 9.78 Å². The third-order valence-electron chi connectivity index (χ3n) is 2.03. The molecule has 80 valence electrons. The average molecular weight is 253 g/mol. The average Bonchev–Trinajstić information content (AvgIpc) is 2.59. The maximum absolute atomic E-state index is 8.73. The number of nitrogen functional groups attached to an aromatic ring is 1. The fourth-order valence-electron chi connectivity index (χ4n) is 1.24. The lowest BCUT2D eigenvalue weighted by Gasteiger charge is -2.02. The Bertz CT molecular complexity index is 563. The Hall–Kier alpha value is -1.70. The first kappa shape index (κ1) is 10.8. The van der Waals surface area contributed by atoms with E-state index in [1.165, 1.54) is 4.68 Å². The van der Waals surface area contributed by atoms with Crippen LogP contribution in [0.2, 0.25) is 10.0 Å². The van der Waals surface area contributed by atoms with Gasteiger partial charge in [0.25, 0.3) is 0 Å². The summed E-state index contributed by atoms with van der Waals surface area (Å²) in [5.41, 5.74) is 6.63. The molecule has 0 amide bonds. The van der Waals surface area contributed by atoms with Crippen molar-refractivity contribution in [3.63, 3.8) is 0 Å². The van der Waals surface area contributed by atoms with E-state index < -0.39 is 0 Å². The Morgan fingerprint density at radius 3 is 2.56 bits per heavy atom. The quantitative estimate of drug-likeness (QED) is 0.849. The van der Waals surface area contributed by atoms with E-state index >= 15 is 0 Å². The van der Waals surface area contributed by atoms with E-state index in [-0.39, 0.29) is 5.82 Å². The zero-order valence-electron chi connectivity index (χ0n) is 7.98. The van der Waals surface area contributed by atoms with Crippen LogP contribution in [0.1, 0.15) is 5.56 Å². The molecule has 1 heterocycles. The van der Waals surface area contributed by atoms with Crippen molar-refractivity contribution in [2.24, 2.45) is 0 Å². The highest BCUT2D eigenvalue weighted by Crippen LogP contribution is 2.22. The van der Waals surface area contributed by atoms with Gasteiger partial charge in [-0.3, -0.25) is 0 Å². The van der Waals surface area contributed by atoms with Crippen LogP contribution in [-0.4, -0.2) is 9.78 Å². The summed E-state index contributed by atoms with van der Waals surface area (Å²) in [6, 6.07) is 6.94. The zero-order chi connectivity index (χ0) is 11.7. The molecule has 1 aromatic heterocycles. The minimum Gasteiger partial charge on any atom is -0.381 e. The molecule has 0 bridgehead atoms. The summed E-state index contributed by atoms with van der Waals surface area (Å²) in [5, 5.41) is 13.5. The first-order valence-electron chi connectivity index (χ1n) is 4.32. The van der Waals surface area contributed by atoms with Crippen molar-refractivity contribution in [1.29, 1.82) is 5.26 Å². The van der Waals surface area contributed by atoms with Gasteiger partial charge in [0.1, 0.15) is 11.1 Å². The molecule has 4 nitrogen and oxygen atoms in total. The molecule has 1 aromatic carbocycles. The summed E-state index contributed by atoms with van der Waals surface area (Å²) in [7, 11) is 0. The van der Waals surface area contributed by atoms with Crippen LogP contribution in [0.3, 0.4) is 0 Å². The highest BCUT2D eigenvalue weighted by Gasteiger charge is 2.06. The Kier molecular flexibility index (Phi) is 2.73. The molecule has 0 saturated carbocycles. The Labute approximate surface area is 102 Å². The Morgan fingerprint density at radius 2 is 2.06 bits per heavy atom. The molecule has 0 spiro atoms. The third kappa shape index (κ3) is 1.83. The Morgan fingerprint density at radius 1 is 1.31 bits per heavy atom. The first-order chi connectivity index (χ1) is 7.61. The molecule has 2 N–H and O–H groups in total. The molecule has 2 rings (SSSR count). The van der Waals surface area contributed by atoms with Gasteiger partial charge in [0.2, 0.25) is 0 Å². The highest BCUT2D eigenvalue weighted by atomic mass is 35.5. The van der Waals surface area contributed by atoms with Crippen LogP contribution in [0.5, 0.6) is 0 Å². The van der Waals surface area contributed by atoms with Crippen molar-refractivity contribution in [2.75, 3.05) is 5.73 Å². The topological polar surface area (TPSA) is 67.6 Å². The van der Waals surface area contributed by atoms with Gasteiger partial charge in [-0.15, -0.1) is 5.10 Å². The van der Waals surface area contributed by atoms with E-state index in [9.17, 15) is 0 Å². The first-order valence-corrected chi connectivity index (χ1v) is 5.08. The van der Waals surface area contributed by atoms with Gasteiger partial charge < -0.3 is 5.73 Å². The Balaban J connectivity index is 2.50. The highest BCUT2D eigenvalue weighted by molar-refractivity contribution is 6.32. The number of rotatable bonds is 1. The predicted molar refractivity (Wildman–Crippen MR) is 62.7 cm³/mol. The van der Waals surface area contributed by atoms with E-state index in [0.29, 0.717) is 21.3 Å². The molecule has 0 aliphatic rings. The van der Waals surface area contributed by atoms with Gasteiger partial charge in [0.05, 0.1) is 22.5 Å². The fraction of sp³-hybridized carbons (Fsp3) is 0. The molecular formula is C10H6Cl2N4. The summed E-state index contributed by atoms with van der Waals surface area (Å²) < 4.78 is 1.50. The standard InChI is InChI=1S/C10H6Cl2N4/c11-8-3-7(2-1-6(8)4-13)16-5-9(12)10(14)15-16/h1-3,5H,(H2,14,15). The van der Waals surface area contributed by atoms with Crippen LogP contribution in [0.4, 0.5) is 5.82 Å². The predicted octanol–water partition coefficient (Wildman–Crippen LogP) is 2.63. The van der Waals surface area contributed by atoms with Crippen molar-refractivity contribution in [3.8, 4) is 11.8 Å². The minimum atomic E-state index is 0.252. The van der Waals surface area contributed by atoms with Crippen LogP contribution in [0.15, 0.2) is 24.4 Å². The van der Waals surface area contributed by atoms with E-state index in [2.05, 4.69) is 5.10 Å². The van der Waals surface area contributed by atoms with E-state index in [4.69, 9.17) is 34.2 Å². The van der Waals surface area contributed by atoms with Crippen LogP contribution < -0.4 is 5.73 Å². The molecule has 0 unspecified atom stereocenters. The maximum atomic E-state index is 8.73. The van der Waals surface area contributed by atoms with Gasteiger partial charge in [0.15, 0.2) is 5.82 Å². The van der Waals surface area contributed by atoms with Crippen molar-refractivity contribution >= 4 is 29.0 Å². The molecule has 2 aromatic rings. The lowest BCUT2D eigenvalue weighted by molar-refractivity contribution is 0.886. The van der Waals surface area contributed by atoms with Crippen LogP contribution in [0.25, 0.3) is 5.69 Å². The second kappa shape index (κ2) is 4.05. The molecule has 6 heteroatoms. The third-order valence-corrected chi connectivity index (χ3v) is 2.64. The zero-order valence-corrected chi connectivity index (χ0v) is 9.50. The summed E-state index contributed by atoms with van der Waals surface area (Å²) in [6.07, 6.45) is 1.58. The second-order valence-electron chi connectivity index (χ2n) is 3.08. The van der Waals surface area contributed by atoms with Gasteiger partial charge >= 0.3 is 0 Å². The summed E-state index contributed by atoms with van der Waals surface area (Å²) in [5.74, 6) is 0.252. The largest absolute Gasteiger partial charge is 0.381 e. The lowest BCUT2D eigenvalue weighted by atomic mass is 10.2. The summed E-state index contributed by atoms with van der Waals surface area (Å²) in [6.45, 7) is 0. The number of benzene rings is 1. The number of nitrogens with zero attached hydrogens (tertiary/aromatic N) is 3. The number of nitrogens with two attached hydrogens (primary N) is 1. The van der Waals surface area contributed by atoms with Gasteiger partial charge in [-0.1, -0.05) is 23.2 Å². The number of aromatic nitrogens is 2. The number of halogens is 2. The van der Waals surface area contributed by atoms with Crippen LogP contribution in [0, 0.1) is 11.3 Å². The number of hydrogen-bond donors (Lipinski definition) is 1. The second-order valence-corrected chi connectivity index (χ2v) is 3.90. The SMILES string of the molecule is N#Cc1ccc(-n2cc(Cl)c(N)n2)cc1Cl. The molecule has 16 heavy (non-hydrogen) atoms. The van der Waals surface area contributed by atoms with E-state index in [1.807, 2.05) is 6.07 Å². The molecule has 0 saturated heterocycles. The van der Waals surface area contributed by atoms with Gasteiger partial charge in [-0.25, -0.2) is 4.68 Å². The van der Waals surface area contributed by atoms with Crippen molar-refractivity contribution in [3.05, 3.63) is 40.0 Å². The number of anilines is 1. The van der Waals surface area contributed by atoms with Gasteiger partial charge in [-0.2, -0.15) is 5.26 Å². The maximum Gasteiger partial charge on any atom is 0.164 e. The molecule has 0 aliphatic carbocycles. The molecule has 0 fully saturated rings. The molecule has 0 aliphatic heterocycles. The van der Waals surface area contributed by atoms with Crippen LogP contribution in [-0.2, 0) is 0 Å². The minimum absolute atomic E-state index is 0.252. The van der Waals surface area contributed by atoms with E-state index in [1.54, 1.807) is 24.4 Å². The molecular weight excluding hydrogens is 247 g/mol. The monoisotopic (exact) mass is 252 g/mol. The normalized spacial score (nSPS) is 10.1.